The molecule has 0 bridgehead atoms. The molecule has 0 aliphatic rings. The number of halogens is 2. The van der Waals surface area contributed by atoms with E-state index in [1.807, 2.05) is 18.2 Å². The molecule has 102 valence electrons. The summed E-state index contributed by atoms with van der Waals surface area (Å²) in [4.78, 5) is 0. The Balaban J connectivity index is 2.23. The number of nitrogens with one attached hydrogen (secondary N) is 1. The lowest BCUT2D eigenvalue weighted by atomic mass is 10.0. The molecule has 0 radical (unpaired) electrons. The first-order valence-corrected chi connectivity index (χ1v) is 8.10. The molecular weight excluding hydrogens is 297 g/mol. The van der Waals surface area contributed by atoms with Crippen LogP contribution in [0.2, 0.25) is 10.0 Å². The lowest BCUT2D eigenvalue weighted by Gasteiger charge is -2.20. The van der Waals surface area contributed by atoms with Gasteiger partial charge in [-0.25, -0.2) is 0 Å². The summed E-state index contributed by atoms with van der Waals surface area (Å²) in [5, 5.41) is 9.11. The van der Waals surface area contributed by atoms with Gasteiger partial charge in [0.1, 0.15) is 0 Å². The second-order valence-electron chi connectivity index (χ2n) is 4.49. The average molecular weight is 314 g/mol. The number of hydrogen-bond acceptors (Lipinski definition) is 2. The van der Waals surface area contributed by atoms with Gasteiger partial charge in [-0.15, -0.1) is 0 Å². The molecule has 0 aliphatic carbocycles. The third-order valence-corrected chi connectivity index (χ3v) is 4.58. The van der Waals surface area contributed by atoms with Gasteiger partial charge in [0.05, 0.1) is 10.0 Å². The molecule has 0 fully saturated rings. The molecule has 2 rings (SSSR count). The van der Waals surface area contributed by atoms with Crippen LogP contribution in [0.3, 0.4) is 0 Å². The van der Waals surface area contributed by atoms with E-state index in [0.717, 1.165) is 24.9 Å². The van der Waals surface area contributed by atoms with Crippen molar-refractivity contribution in [3.05, 3.63) is 56.2 Å². The third-order valence-electron chi connectivity index (χ3n) is 3.02. The van der Waals surface area contributed by atoms with Crippen LogP contribution in [0.5, 0.6) is 0 Å². The molecule has 1 atom stereocenters. The van der Waals surface area contributed by atoms with E-state index in [0.29, 0.717) is 10.0 Å². The Labute approximate surface area is 128 Å². The molecule has 19 heavy (non-hydrogen) atoms. The summed E-state index contributed by atoms with van der Waals surface area (Å²) in [6.45, 7) is 3.13. The maximum absolute atomic E-state index is 6.34. The van der Waals surface area contributed by atoms with Crippen molar-refractivity contribution in [2.75, 3.05) is 6.54 Å². The maximum Gasteiger partial charge on any atom is 0.0640 e. The summed E-state index contributed by atoms with van der Waals surface area (Å²) in [7, 11) is 0. The molecule has 0 spiro atoms. The van der Waals surface area contributed by atoms with E-state index < -0.39 is 0 Å². The van der Waals surface area contributed by atoms with Crippen molar-refractivity contribution >= 4 is 34.5 Å². The van der Waals surface area contributed by atoms with Gasteiger partial charge in [0.25, 0.3) is 0 Å². The van der Waals surface area contributed by atoms with Crippen LogP contribution in [-0.4, -0.2) is 6.54 Å². The highest BCUT2D eigenvalue weighted by atomic mass is 35.5. The zero-order chi connectivity index (χ0) is 13.7. The van der Waals surface area contributed by atoms with Crippen molar-refractivity contribution in [1.29, 1.82) is 0 Å². The van der Waals surface area contributed by atoms with Crippen molar-refractivity contribution in [3.8, 4) is 0 Å². The minimum absolute atomic E-state index is 0.209. The van der Waals surface area contributed by atoms with Gasteiger partial charge in [-0.1, -0.05) is 42.3 Å². The standard InChI is InChI=1S/C15H17Cl2NS/c1-2-7-18-14(9-11-6-8-19-10-11)12-4-3-5-13(16)15(12)17/h3-6,8,10,14,18H,2,7,9H2,1H3. The maximum atomic E-state index is 6.34. The van der Waals surface area contributed by atoms with E-state index in [1.165, 1.54) is 5.56 Å². The van der Waals surface area contributed by atoms with Crippen LogP contribution < -0.4 is 5.32 Å². The van der Waals surface area contributed by atoms with Gasteiger partial charge < -0.3 is 5.32 Å². The molecule has 0 aliphatic heterocycles. The van der Waals surface area contributed by atoms with Gasteiger partial charge >= 0.3 is 0 Å². The summed E-state index contributed by atoms with van der Waals surface area (Å²) >= 11 is 14.2. The van der Waals surface area contributed by atoms with Gasteiger partial charge in [-0.2, -0.15) is 11.3 Å². The molecule has 2 aromatic rings. The summed E-state index contributed by atoms with van der Waals surface area (Å²) in [6, 6.07) is 8.20. The van der Waals surface area contributed by atoms with Crippen LogP contribution in [0, 0.1) is 0 Å². The lowest BCUT2D eigenvalue weighted by Crippen LogP contribution is -2.24. The Morgan fingerprint density at radius 2 is 2.11 bits per heavy atom. The van der Waals surface area contributed by atoms with Crippen LogP contribution in [0.25, 0.3) is 0 Å². The Morgan fingerprint density at radius 3 is 2.79 bits per heavy atom. The molecule has 1 aromatic carbocycles. The van der Waals surface area contributed by atoms with Gasteiger partial charge in [0.2, 0.25) is 0 Å². The summed E-state index contributed by atoms with van der Waals surface area (Å²) < 4.78 is 0. The smallest absolute Gasteiger partial charge is 0.0640 e. The number of thiophene rings is 1. The van der Waals surface area contributed by atoms with Crippen LogP contribution >= 0.6 is 34.5 Å². The highest BCUT2D eigenvalue weighted by Gasteiger charge is 2.16. The van der Waals surface area contributed by atoms with Crippen LogP contribution in [0.4, 0.5) is 0 Å². The zero-order valence-electron chi connectivity index (χ0n) is 10.8. The van der Waals surface area contributed by atoms with Crippen molar-refractivity contribution in [2.45, 2.75) is 25.8 Å². The Morgan fingerprint density at radius 1 is 1.26 bits per heavy atom. The molecule has 0 saturated carbocycles. The van der Waals surface area contributed by atoms with E-state index in [9.17, 15) is 0 Å². The van der Waals surface area contributed by atoms with Crippen molar-refractivity contribution in [1.82, 2.24) is 5.32 Å². The lowest BCUT2D eigenvalue weighted by molar-refractivity contribution is 0.530. The van der Waals surface area contributed by atoms with E-state index in [1.54, 1.807) is 11.3 Å². The summed E-state index contributed by atoms with van der Waals surface area (Å²) in [5.41, 5.74) is 2.41. The molecule has 4 heteroatoms. The Bertz CT molecular complexity index is 511. The molecule has 0 saturated heterocycles. The molecule has 1 unspecified atom stereocenters. The SMILES string of the molecule is CCCNC(Cc1ccsc1)c1cccc(Cl)c1Cl. The first-order valence-electron chi connectivity index (χ1n) is 6.40. The van der Waals surface area contributed by atoms with Crippen LogP contribution in [0.15, 0.2) is 35.0 Å². The number of rotatable bonds is 6. The molecule has 1 heterocycles. The summed E-state index contributed by atoms with van der Waals surface area (Å²) in [5.74, 6) is 0. The highest BCUT2D eigenvalue weighted by molar-refractivity contribution is 7.07. The van der Waals surface area contributed by atoms with Crippen LogP contribution in [-0.2, 0) is 6.42 Å². The largest absolute Gasteiger partial charge is 0.310 e. The molecule has 1 nitrogen and oxygen atoms in total. The van der Waals surface area contributed by atoms with E-state index >= 15 is 0 Å². The number of benzene rings is 1. The summed E-state index contributed by atoms with van der Waals surface area (Å²) in [6.07, 6.45) is 2.03. The van der Waals surface area contributed by atoms with E-state index in [2.05, 4.69) is 29.1 Å². The predicted octanol–water partition coefficient (Wildman–Crippen LogP) is 5.34. The average Bonchev–Trinajstić information content (AvgIpc) is 2.91. The van der Waals surface area contributed by atoms with Crippen molar-refractivity contribution < 1.29 is 0 Å². The quantitative estimate of drug-likeness (QED) is 0.759. The number of hydrogen-bond donors (Lipinski definition) is 1. The monoisotopic (exact) mass is 313 g/mol. The normalized spacial score (nSPS) is 12.6. The first kappa shape index (κ1) is 14.9. The fourth-order valence-electron chi connectivity index (χ4n) is 2.04. The fourth-order valence-corrected chi connectivity index (χ4v) is 3.17. The second-order valence-corrected chi connectivity index (χ2v) is 6.05. The van der Waals surface area contributed by atoms with Gasteiger partial charge in [0, 0.05) is 6.04 Å². The van der Waals surface area contributed by atoms with Gasteiger partial charge in [-0.3, -0.25) is 0 Å². The zero-order valence-corrected chi connectivity index (χ0v) is 13.2. The second kappa shape index (κ2) is 7.30. The van der Waals surface area contributed by atoms with E-state index in [-0.39, 0.29) is 6.04 Å². The Hall–Kier alpha value is -0.540. The highest BCUT2D eigenvalue weighted by Crippen LogP contribution is 2.31. The molecule has 1 N–H and O–H groups in total. The minimum Gasteiger partial charge on any atom is -0.310 e. The molecular formula is C15H17Cl2NS. The first-order chi connectivity index (χ1) is 9.22. The predicted molar refractivity (Wildman–Crippen MR) is 85.5 cm³/mol. The topological polar surface area (TPSA) is 12.0 Å². The van der Waals surface area contributed by atoms with E-state index in [4.69, 9.17) is 23.2 Å². The van der Waals surface area contributed by atoms with Crippen LogP contribution in [0.1, 0.15) is 30.5 Å². The molecule has 1 aromatic heterocycles. The minimum atomic E-state index is 0.209. The molecule has 0 amide bonds. The third kappa shape index (κ3) is 3.96. The Kier molecular flexibility index (Phi) is 5.71. The van der Waals surface area contributed by atoms with Gasteiger partial charge in [-0.05, 0) is 53.4 Å². The fraction of sp³-hybridized carbons (Fsp3) is 0.333. The van der Waals surface area contributed by atoms with Crippen molar-refractivity contribution in [2.24, 2.45) is 0 Å². The van der Waals surface area contributed by atoms with Gasteiger partial charge in [0.15, 0.2) is 0 Å². The van der Waals surface area contributed by atoms with Crippen molar-refractivity contribution in [3.63, 3.8) is 0 Å².